The zero-order valence-electron chi connectivity index (χ0n) is 18.8. The Morgan fingerprint density at radius 2 is 1.77 bits per heavy atom. The molecule has 1 atom stereocenters. The molecular weight excluding hydrogens is 418 g/mol. The van der Waals surface area contributed by atoms with E-state index in [2.05, 4.69) is 12.2 Å². The lowest BCUT2D eigenvalue weighted by Gasteiger charge is -2.37. The number of nitrogens with zero attached hydrogens (tertiary/aromatic N) is 2. The maximum Gasteiger partial charge on any atom is 0.281 e. The number of hydrogen-bond donors (Lipinski definition) is 1. The lowest BCUT2D eigenvalue weighted by atomic mass is 9.99. The average molecular weight is 454 g/mol. The Morgan fingerprint density at radius 3 is 2.45 bits per heavy atom. The maximum absolute atomic E-state index is 13.0. The molecule has 1 aromatic carbocycles. The minimum atomic E-state index is -3.49. The quantitative estimate of drug-likeness (QED) is 0.651. The Labute approximate surface area is 186 Å². The Kier molecular flexibility index (Phi) is 8.18. The second-order valence-corrected chi connectivity index (χ2v) is 10.4. The van der Waals surface area contributed by atoms with E-state index in [0.717, 1.165) is 18.4 Å². The fourth-order valence-electron chi connectivity index (χ4n) is 4.26. The number of hydrogen-bond acceptors (Lipinski definition) is 5. The summed E-state index contributed by atoms with van der Waals surface area (Å²) in [5.74, 6) is 1.51. The van der Waals surface area contributed by atoms with Gasteiger partial charge in [0.25, 0.3) is 10.2 Å². The lowest BCUT2D eigenvalue weighted by Crippen LogP contribution is -2.52. The summed E-state index contributed by atoms with van der Waals surface area (Å²) in [6.07, 6.45) is 3.87. The SMILES string of the molecule is COc1ccc(CCNC(=O)C2CCCN(S(=O)(=O)N3CCC(C)CC3)C2)cc1OC. The number of amides is 1. The summed E-state index contributed by atoms with van der Waals surface area (Å²) in [4.78, 5) is 12.7. The van der Waals surface area contributed by atoms with Crippen molar-refractivity contribution in [3.63, 3.8) is 0 Å². The molecule has 8 nitrogen and oxygen atoms in total. The van der Waals surface area contributed by atoms with Crippen molar-refractivity contribution in [3.05, 3.63) is 23.8 Å². The first kappa shape index (κ1) is 23.8. The minimum absolute atomic E-state index is 0.0763. The number of benzene rings is 1. The molecule has 2 aliphatic heterocycles. The van der Waals surface area contributed by atoms with Crippen LogP contribution in [-0.2, 0) is 21.4 Å². The molecular formula is C22H35N3O5S. The van der Waals surface area contributed by atoms with E-state index in [4.69, 9.17) is 9.47 Å². The van der Waals surface area contributed by atoms with Crippen molar-refractivity contribution in [2.45, 2.75) is 39.0 Å². The van der Waals surface area contributed by atoms with E-state index < -0.39 is 10.2 Å². The summed E-state index contributed by atoms with van der Waals surface area (Å²) in [5.41, 5.74) is 1.03. The van der Waals surface area contributed by atoms with Crippen LogP contribution < -0.4 is 14.8 Å². The van der Waals surface area contributed by atoms with Crippen LogP contribution in [0, 0.1) is 11.8 Å². The first-order chi connectivity index (χ1) is 14.8. The molecule has 0 aliphatic carbocycles. The number of rotatable bonds is 8. The Balaban J connectivity index is 1.51. The average Bonchev–Trinajstić information content (AvgIpc) is 2.79. The van der Waals surface area contributed by atoms with Crippen LogP contribution in [0.15, 0.2) is 18.2 Å². The number of methoxy groups -OCH3 is 2. The van der Waals surface area contributed by atoms with Crippen molar-refractivity contribution < 1.29 is 22.7 Å². The minimum Gasteiger partial charge on any atom is -0.493 e. The predicted octanol–water partition coefficient (Wildman–Crippen LogP) is 2.05. The number of carbonyl (C=O) groups is 1. The molecule has 31 heavy (non-hydrogen) atoms. The highest BCUT2D eigenvalue weighted by Gasteiger charge is 2.36. The van der Waals surface area contributed by atoms with Gasteiger partial charge in [-0.1, -0.05) is 13.0 Å². The highest BCUT2D eigenvalue weighted by molar-refractivity contribution is 7.86. The van der Waals surface area contributed by atoms with Gasteiger partial charge in [-0.05, 0) is 55.7 Å². The molecule has 2 heterocycles. The van der Waals surface area contributed by atoms with E-state index >= 15 is 0 Å². The van der Waals surface area contributed by atoms with Gasteiger partial charge in [0.05, 0.1) is 20.1 Å². The number of nitrogens with one attached hydrogen (secondary N) is 1. The van der Waals surface area contributed by atoms with E-state index in [1.54, 1.807) is 18.5 Å². The van der Waals surface area contributed by atoms with E-state index in [9.17, 15) is 13.2 Å². The summed E-state index contributed by atoms with van der Waals surface area (Å²) in [7, 11) is -0.303. The van der Waals surface area contributed by atoms with Gasteiger partial charge in [-0.25, -0.2) is 0 Å². The Bertz CT molecular complexity index is 853. The monoisotopic (exact) mass is 453 g/mol. The third-order valence-corrected chi connectivity index (χ3v) is 8.31. The standard InChI is InChI=1S/C22H35N3O5S/c1-17-9-13-24(14-10-17)31(27,28)25-12-4-5-19(16-25)22(26)23-11-8-18-6-7-20(29-2)21(15-18)30-3/h6-7,15,17,19H,4-5,8-14,16H2,1-3H3,(H,23,26). The molecule has 1 unspecified atom stereocenters. The molecule has 2 fully saturated rings. The second kappa shape index (κ2) is 10.7. The molecule has 0 aromatic heterocycles. The summed E-state index contributed by atoms with van der Waals surface area (Å²) >= 11 is 0. The Hall–Kier alpha value is -1.84. The highest BCUT2D eigenvalue weighted by atomic mass is 32.2. The van der Waals surface area contributed by atoms with Crippen LogP contribution in [0.5, 0.6) is 11.5 Å². The van der Waals surface area contributed by atoms with Crippen LogP contribution in [-0.4, -0.2) is 69.9 Å². The largest absolute Gasteiger partial charge is 0.493 e. The van der Waals surface area contributed by atoms with Gasteiger partial charge in [-0.2, -0.15) is 17.0 Å². The Morgan fingerprint density at radius 1 is 1.06 bits per heavy atom. The molecule has 1 amide bonds. The van der Waals surface area contributed by atoms with Gasteiger partial charge >= 0.3 is 0 Å². The van der Waals surface area contributed by atoms with E-state index in [-0.39, 0.29) is 18.4 Å². The van der Waals surface area contributed by atoms with Crippen molar-refractivity contribution >= 4 is 16.1 Å². The molecule has 0 radical (unpaired) electrons. The summed E-state index contributed by atoms with van der Waals surface area (Å²) in [5, 5.41) is 2.98. The topological polar surface area (TPSA) is 88.2 Å². The van der Waals surface area contributed by atoms with E-state index in [0.29, 0.717) is 62.9 Å². The third kappa shape index (κ3) is 5.90. The van der Waals surface area contributed by atoms with E-state index in [1.807, 2.05) is 18.2 Å². The second-order valence-electron chi connectivity index (χ2n) is 8.52. The third-order valence-electron chi connectivity index (χ3n) is 6.31. The molecule has 0 bridgehead atoms. The van der Waals surface area contributed by atoms with Gasteiger partial charge in [-0.3, -0.25) is 4.79 Å². The summed E-state index contributed by atoms with van der Waals surface area (Å²) in [6, 6.07) is 5.70. The number of piperidine rings is 2. The molecule has 174 valence electrons. The maximum atomic E-state index is 13.0. The van der Waals surface area contributed by atoms with E-state index in [1.165, 1.54) is 4.31 Å². The van der Waals surface area contributed by atoms with Crippen molar-refractivity contribution in [2.75, 3.05) is 46.9 Å². The number of carbonyl (C=O) groups excluding carboxylic acids is 1. The zero-order valence-corrected chi connectivity index (χ0v) is 19.6. The first-order valence-corrected chi connectivity index (χ1v) is 12.5. The molecule has 3 rings (SSSR count). The van der Waals surface area contributed by atoms with Crippen LogP contribution in [0.1, 0.15) is 38.2 Å². The molecule has 2 aliphatic rings. The van der Waals surface area contributed by atoms with Crippen molar-refractivity contribution in [1.29, 1.82) is 0 Å². The van der Waals surface area contributed by atoms with Gasteiger partial charge in [0.2, 0.25) is 5.91 Å². The summed E-state index contributed by atoms with van der Waals surface area (Å²) < 4.78 is 39.7. The molecule has 2 saturated heterocycles. The lowest BCUT2D eigenvalue weighted by molar-refractivity contribution is -0.126. The molecule has 1 aromatic rings. The number of ether oxygens (including phenoxy) is 2. The van der Waals surface area contributed by atoms with Crippen molar-refractivity contribution in [3.8, 4) is 11.5 Å². The van der Waals surface area contributed by atoms with Gasteiger partial charge < -0.3 is 14.8 Å². The van der Waals surface area contributed by atoms with Crippen LogP contribution >= 0.6 is 0 Å². The van der Waals surface area contributed by atoms with Crippen molar-refractivity contribution in [1.82, 2.24) is 13.9 Å². The molecule has 9 heteroatoms. The van der Waals surface area contributed by atoms with Crippen LogP contribution in [0.4, 0.5) is 0 Å². The zero-order chi connectivity index (χ0) is 22.4. The van der Waals surface area contributed by atoms with Gasteiger partial charge in [0, 0.05) is 32.7 Å². The van der Waals surface area contributed by atoms with Gasteiger partial charge in [0.15, 0.2) is 11.5 Å². The molecule has 1 N–H and O–H groups in total. The normalized spacial score (nSPS) is 21.6. The van der Waals surface area contributed by atoms with Gasteiger partial charge in [-0.15, -0.1) is 0 Å². The van der Waals surface area contributed by atoms with Gasteiger partial charge in [0.1, 0.15) is 0 Å². The highest BCUT2D eigenvalue weighted by Crippen LogP contribution is 2.28. The van der Waals surface area contributed by atoms with Crippen LogP contribution in [0.2, 0.25) is 0 Å². The predicted molar refractivity (Wildman–Crippen MR) is 119 cm³/mol. The smallest absolute Gasteiger partial charge is 0.281 e. The molecule has 0 spiro atoms. The fourth-order valence-corrected chi connectivity index (χ4v) is 5.98. The van der Waals surface area contributed by atoms with Crippen LogP contribution in [0.3, 0.4) is 0 Å². The summed E-state index contributed by atoms with van der Waals surface area (Å²) in [6.45, 7) is 4.54. The fraction of sp³-hybridized carbons (Fsp3) is 0.682. The van der Waals surface area contributed by atoms with Crippen molar-refractivity contribution in [2.24, 2.45) is 11.8 Å². The molecule has 0 saturated carbocycles. The van der Waals surface area contributed by atoms with Crippen LogP contribution in [0.25, 0.3) is 0 Å². The first-order valence-electron chi connectivity index (χ1n) is 11.1.